The third kappa shape index (κ3) is 3.13. The quantitative estimate of drug-likeness (QED) is 0.864. The summed E-state index contributed by atoms with van der Waals surface area (Å²) in [5.74, 6) is 0.802. The van der Waals surface area contributed by atoms with Gasteiger partial charge in [0.1, 0.15) is 6.54 Å². The Morgan fingerprint density at radius 2 is 1.96 bits per heavy atom. The number of ether oxygens (including phenoxy) is 1. The number of hydrogen-bond acceptors (Lipinski definition) is 3. The first-order valence-electron chi connectivity index (χ1n) is 8.61. The molecule has 4 rings (SSSR count). The lowest BCUT2D eigenvalue weighted by molar-refractivity contribution is -0.695. The standard InChI is InChI=1S/C20H18N4O2/c1-2-24-13-7-6-10-15(24)11-12-16-21-18-17(14-8-4-3-5-9-14)22-20(25)23-19(18)26-16/h3-13,17-18H,2H2,1H3/p+1/b12-11+. The molecule has 0 saturated heterocycles. The van der Waals surface area contributed by atoms with Crippen LogP contribution >= 0.6 is 0 Å². The van der Waals surface area contributed by atoms with Gasteiger partial charge >= 0.3 is 6.03 Å². The zero-order valence-corrected chi connectivity index (χ0v) is 14.4. The molecule has 2 aromatic rings. The molecule has 2 unspecified atom stereocenters. The van der Waals surface area contributed by atoms with E-state index in [0.717, 1.165) is 17.8 Å². The van der Waals surface area contributed by atoms with E-state index in [-0.39, 0.29) is 12.1 Å². The number of aromatic nitrogens is 1. The maximum atomic E-state index is 11.9. The Bertz CT molecular complexity index is 918. The summed E-state index contributed by atoms with van der Waals surface area (Å²) < 4.78 is 7.85. The molecule has 2 amide bonds. The molecule has 0 radical (unpaired) electrons. The van der Waals surface area contributed by atoms with E-state index in [4.69, 9.17) is 4.74 Å². The number of pyridine rings is 1. The van der Waals surface area contributed by atoms with E-state index < -0.39 is 6.03 Å². The summed E-state index contributed by atoms with van der Waals surface area (Å²) in [6, 6.07) is 14.7. The summed E-state index contributed by atoms with van der Waals surface area (Å²) in [6.45, 7) is 2.96. The summed E-state index contributed by atoms with van der Waals surface area (Å²) in [5, 5.41) is 2.87. The van der Waals surface area contributed by atoms with Crippen molar-refractivity contribution in [2.75, 3.05) is 0 Å². The number of nitrogens with zero attached hydrogens (tertiary/aromatic N) is 3. The van der Waals surface area contributed by atoms with E-state index in [1.165, 1.54) is 0 Å². The van der Waals surface area contributed by atoms with Crippen LogP contribution in [-0.4, -0.2) is 23.9 Å². The maximum Gasteiger partial charge on any atom is 0.344 e. The molecule has 1 aromatic heterocycles. The highest BCUT2D eigenvalue weighted by Gasteiger charge is 2.39. The second-order valence-corrected chi connectivity index (χ2v) is 6.05. The lowest BCUT2D eigenvalue weighted by Gasteiger charge is -2.24. The van der Waals surface area contributed by atoms with Gasteiger partial charge in [-0.25, -0.2) is 9.79 Å². The lowest BCUT2D eigenvalue weighted by atomic mass is 9.99. The molecule has 0 saturated carbocycles. The molecular weight excluding hydrogens is 328 g/mol. The highest BCUT2D eigenvalue weighted by atomic mass is 16.5. The van der Waals surface area contributed by atoms with E-state index in [2.05, 4.69) is 26.8 Å². The molecule has 0 fully saturated rings. The molecule has 1 N–H and O–H groups in total. The Hall–Kier alpha value is -3.28. The van der Waals surface area contributed by atoms with Crippen molar-refractivity contribution < 1.29 is 14.1 Å². The second-order valence-electron chi connectivity index (χ2n) is 6.05. The molecule has 6 nitrogen and oxygen atoms in total. The number of amides is 2. The molecule has 130 valence electrons. The highest BCUT2D eigenvalue weighted by Crippen LogP contribution is 2.27. The molecule has 2 aliphatic heterocycles. The fourth-order valence-corrected chi connectivity index (χ4v) is 3.13. The molecule has 0 aliphatic carbocycles. The summed E-state index contributed by atoms with van der Waals surface area (Å²) in [5.41, 5.74) is 2.02. The molecule has 2 aliphatic rings. The number of rotatable bonds is 4. The zero-order valence-electron chi connectivity index (χ0n) is 14.4. The van der Waals surface area contributed by atoms with Gasteiger partial charge in [0.2, 0.25) is 17.5 Å². The Morgan fingerprint density at radius 3 is 2.77 bits per heavy atom. The first-order chi connectivity index (χ1) is 12.7. The van der Waals surface area contributed by atoms with Gasteiger partial charge in [-0.3, -0.25) is 0 Å². The molecule has 1 aromatic carbocycles. The van der Waals surface area contributed by atoms with Crippen LogP contribution in [0.3, 0.4) is 0 Å². The van der Waals surface area contributed by atoms with Crippen LogP contribution in [0.1, 0.15) is 24.2 Å². The second kappa shape index (κ2) is 6.92. The van der Waals surface area contributed by atoms with Crippen molar-refractivity contribution in [1.82, 2.24) is 5.32 Å². The van der Waals surface area contributed by atoms with Crippen molar-refractivity contribution in [3.63, 3.8) is 0 Å². The molecule has 0 spiro atoms. The van der Waals surface area contributed by atoms with Crippen molar-refractivity contribution in [1.29, 1.82) is 0 Å². The van der Waals surface area contributed by atoms with Gasteiger partial charge in [0.05, 0.1) is 6.04 Å². The highest BCUT2D eigenvalue weighted by molar-refractivity contribution is 6.10. The van der Waals surface area contributed by atoms with Crippen molar-refractivity contribution in [2.24, 2.45) is 9.98 Å². The smallest absolute Gasteiger partial charge is 0.344 e. The van der Waals surface area contributed by atoms with Gasteiger partial charge in [-0.05, 0) is 18.6 Å². The molecule has 0 bridgehead atoms. The number of aryl methyl sites for hydroxylation is 1. The number of fused-ring (bicyclic) bond motifs is 1. The maximum absolute atomic E-state index is 11.9. The Morgan fingerprint density at radius 1 is 1.15 bits per heavy atom. The van der Waals surface area contributed by atoms with Gasteiger partial charge in [0, 0.05) is 24.3 Å². The molecular formula is C20H19N4O2+. The van der Waals surface area contributed by atoms with Gasteiger partial charge in [-0.1, -0.05) is 30.3 Å². The van der Waals surface area contributed by atoms with Gasteiger partial charge in [-0.15, -0.1) is 0 Å². The number of benzene rings is 1. The number of carbonyl (C=O) groups excluding carboxylic acids is 1. The van der Waals surface area contributed by atoms with Crippen LogP contribution < -0.4 is 9.88 Å². The van der Waals surface area contributed by atoms with E-state index in [0.29, 0.717) is 11.8 Å². The minimum atomic E-state index is -0.405. The van der Waals surface area contributed by atoms with Crippen LogP contribution in [0.25, 0.3) is 6.08 Å². The van der Waals surface area contributed by atoms with Gasteiger partial charge < -0.3 is 10.1 Å². The van der Waals surface area contributed by atoms with E-state index >= 15 is 0 Å². The summed E-state index contributed by atoms with van der Waals surface area (Å²) in [7, 11) is 0. The van der Waals surface area contributed by atoms with Crippen LogP contribution in [0.4, 0.5) is 4.79 Å². The number of urea groups is 1. The van der Waals surface area contributed by atoms with Gasteiger partial charge in [-0.2, -0.15) is 9.56 Å². The fourth-order valence-electron chi connectivity index (χ4n) is 3.13. The average molecular weight is 347 g/mol. The van der Waals surface area contributed by atoms with Crippen molar-refractivity contribution in [3.05, 3.63) is 72.1 Å². The van der Waals surface area contributed by atoms with Crippen LogP contribution in [0.2, 0.25) is 0 Å². The third-order valence-corrected chi connectivity index (χ3v) is 4.41. The van der Waals surface area contributed by atoms with Crippen LogP contribution in [0.15, 0.2) is 70.8 Å². The van der Waals surface area contributed by atoms with Crippen molar-refractivity contribution in [2.45, 2.75) is 25.6 Å². The third-order valence-electron chi connectivity index (χ3n) is 4.41. The Balaban J connectivity index is 1.61. The number of carbonyl (C=O) groups is 1. The average Bonchev–Trinajstić information content (AvgIpc) is 3.09. The SMILES string of the molecule is CC[n+]1ccccc1/C=C/C1=NC2C(=NC(=O)NC2c2ccccc2)O1. The minimum Gasteiger partial charge on any atom is -0.422 e. The minimum absolute atomic E-state index is 0.278. The largest absolute Gasteiger partial charge is 0.422 e. The molecule has 3 heterocycles. The predicted molar refractivity (Wildman–Crippen MR) is 98.8 cm³/mol. The number of hydrogen-bond donors (Lipinski definition) is 1. The fraction of sp³-hybridized carbons (Fsp3) is 0.200. The summed E-state index contributed by atoms with van der Waals surface area (Å²) in [6.07, 6.45) is 5.79. The Kier molecular flexibility index (Phi) is 4.31. The zero-order chi connectivity index (χ0) is 17.9. The molecule has 2 atom stereocenters. The number of aliphatic imine (C=N–C) groups is 2. The first-order valence-corrected chi connectivity index (χ1v) is 8.61. The lowest BCUT2D eigenvalue weighted by Crippen LogP contribution is -2.42. The van der Waals surface area contributed by atoms with E-state index in [1.54, 1.807) is 0 Å². The monoisotopic (exact) mass is 347 g/mol. The number of nitrogens with one attached hydrogen (secondary N) is 1. The molecule has 6 heteroatoms. The van der Waals surface area contributed by atoms with Crippen LogP contribution in [0.5, 0.6) is 0 Å². The van der Waals surface area contributed by atoms with Crippen LogP contribution in [0, 0.1) is 0 Å². The predicted octanol–water partition coefficient (Wildman–Crippen LogP) is 2.67. The van der Waals surface area contributed by atoms with Crippen LogP contribution in [-0.2, 0) is 11.3 Å². The first kappa shape index (κ1) is 16.2. The topological polar surface area (TPSA) is 66.9 Å². The molecule has 26 heavy (non-hydrogen) atoms. The summed E-state index contributed by atoms with van der Waals surface area (Å²) >= 11 is 0. The summed E-state index contributed by atoms with van der Waals surface area (Å²) in [4.78, 5) is 20.5. The van der Waals surface area contributed by atoms with Gasteiger partial charge in [0.15, 0.2) is 12.2 Å². The van der Waals surface area contributed by atoms with Gasteiger partial charge in [0.25, 0.3) is 0 Å². The normalized spacial score (nSPS) is 21.7. The Labute approximate surface area is 151 Å². The van der Waals surface area contributed by atoms with Crippen molar-refractivity contribution in [3.8, 4) is 0 Å². The van der Waals surface area contributed by atoms with E-state index in [9.17, 15) is 4.79 Å². The van der Waals surface area contributed by atoms with Crippen molar-refractivity contribution >= 4 is 23.9 Å². The van der Waals surface area contributed by atoms with E-state index in [1.807, 2.05) is 66.9 Å².